The van der Waals surface area contributed by atoms with E-state index in [1.165, 1.54) is 19.2 Å². The van der Waals surface area contributed by atoms with Gasteiger partial charge in [-0.2, -0.15) is 0 Å². The van der Waals surface area contributed by atoms with E-state index < -0.39 is 10.8 Å². The van der Waals surface area contributed by atoms with Crippen molar-refractivity contribution in [3.63, 3.8) is 0 Å². The number of thioether (sulfide) groups is 1. The van der Waals surface area contributed by atoms with E-state index in [9.17, 15) is 19.7 Å². The normalized spacial score (nSPS) is 14.4. The number of nitro benzene ring substituents is 1. The summed E-state index contributed by atoms with van der Waals surface area (Å²) in [5.41, 5.74) is 2.05. The number of hydrogen-bond donors (Lipinski definition) is 0. The highest BCUT2D eigenvalue weighted by Gasteiger charge is 2.35. The maximum absolute atomic E-state index is 13.0. The summed E-state index contributed by atoms with van der Waals surface area (Å²) in [6.07, 6.45) is 1.62. The third kappa shape index (κ3) is 5.72. The zero-order chi connectivity index (χ0) is 25.8. The number of carbonyl (C=O) groups is 2. The van der Waals surface area contributed by atoms with E-state index in [1.807, 2.05) is 0 Å². The molecule has 1 aliphatic heterocycles. The standard InChI is InChI=1S/C25H18BrClN2O6S/c1-34-21-10-17(19(26)12-22(21)35-14-15-6-8-18(9-7-15)29(32)33)11-23-24(30)28(25(31)36-23)13-16-4-2-3-5-20(16)27/h2-12H,13-14H2,1H3/b23-11+. The van der Waals surface area contributed by atoms with Crippen LogP contribution in [-0.2, 0) is 17.9 Å². The molecule has 0 bridgehead atoms. The maximum Gasteiger partial charge on any atom is 0.293 e. The van der Waals surface area contributed by atoms with Gasteiger partial charge in [-0.25, -0.2) is 0 Å². The van der Waals surface area contributed by atoms with Crippen molar-refractivity contribution in [1.29, 1.82) is 0 Å². The summed E-state index contributed by atoms with van der Waals surface area (Å²) in [6.45, 7) is 0.253. The Morgan fingerprint density at radius 1 is 1.11 bits per heavy atom. The summed E-state index contributed by atoms with van der Waals surface area (Å²) in [6, 6.07) is 16.5. The summed E-state index contributed by atoms with van der Waals surface area (Å²) in [4.78, 5) is 37.3. The Kier molecular flexibility index (Phi) is 7.97. The number of nitro groups is 1. The molecule has 0 radical (unpaired) electrons. The molecule has 0 spiro atoms. The summed E-state index contributed by atoms with van der Waals surface area (Å²) in [7, 11) is 1.49. The molecule has 3 aromatic rings. The van der Waals surface area contributed by atoms with Crippen molar-refractivity contribution in [3.05, 3.63) is 102 Å². The fourth-order valence-electron chi connectivity index (χ4n) is 3.38. The lowest BCUT2D eigenvalue weighted by molar-refractivity contribution is -0.384. The molecule has 4 rings (SSSR count). The van der Waals surface area contributed by atoms with Crippen LogP contribution >= 0.6 is 39.3 Å². The second-order valence-electron chi connectivity index (χ2n) is 7.60. The van der Waals surface area contributed by atoms with Crippen LogP contribution < -0.4 is 9.47 Å². The zero-order valence-corrected chi connectivity index (χ0v) is 21.9. The molecular weight excluding hydrogens is 572 g/mol. The van der Waals surface area contributed by atoms with Gasteiger partial charge in [-0.1, -0.05) is 45.7 Å². The van der Waals surface area contributed by atoms with E-state index in [1.54, 1.807) is 54.6 Å². The third-order valence-electron chi connectivity index (χ3n) is 5.27. The van der Waals surface area contributed by atoms with Crippen molar-refractivity contribution in [2.75, 3.05) is 7.11 Å². The lowest BCUT2D eigenvalue weighted by Crippen LogP contribution is -2.27. The predicted molar refractivity (Wildman–Crippen MR) is 141 cm³/mol. The highest BCUT2D eigenvalue weighted by Crippen LogP contribution is 2.39. The molecule has 0 aromatic heterocycles. The SMILES string of the molecule is COc1cc(/C=C2/SC(=O)N(Cc3ccccc3Cl)C2=O)c(Br)cc1OCc1ccc([N+](=O)[O-])cc1. The van der Waals surface area contributed by atoms with Crippen LogP contribution in [0, 0.1) is 10.1 Å². The number of hydrogen-bond acceptors (Lipinski definition) is 7. The summed E-state index contributed by atoms with van der Waals surface area (Å²) < 4.78 is 11.9. The van der Waals surface area contributed by atoms with E-state index >= 15 is 0 Å². The minimum absolute atomic E-state index is 0.000270. The zero-order valence-electron chi connectivity index (χ0n) is 18.8. The van der Waals surface area contributed by atoms with Crippen molar-refractivity contribution in [1.82, 2.24) is 4.90 Å². The van der Waals surface area contributed by atoms with Crippen LogP contribution in [-0.4, -0.2) is 28.1 Å². The fraction of sp³-hybridized carbons (Fsp3) is 0.120. The molecule has 0 unspecified atom stereocenters. The predicted octanol–water partition coefficient (Wildman–Crippen LogP) is 6.83. The Morgan fingerprint density at radius 3 is 2.50 bits per heavy atom. The Balaban J connectivity index is 1.52. The smallest absolute Gasteiger partial charge is 0.293 e. The molecule has 8 nitrogen and oxygen atoms in total. The van der Waals surface area contributed by atoms with E-state index in [0.29, 0.717) is 32.1 Å². The van der Waals surface area contributed by atoms with Gasteiger partial charge in [0.1, 0.15) is 6.61 Å². The summed E-state index contributed by atoms with van der Waals surface area (Å²) >= 11 is 10.5. The number of rotatable bonds is 8. The van der Waals surface area contributed by atoms with Crippen LogP contribution in [0.3, 0.4) is 0 Å². The Labute approximate surface area is 224 Å². The first-order valence-corrected chi connectivity index (χ1v) is 12.5. The molecule has 1 heterocycles. The minimum atomic E-state index is -0.463. The molecule has 0 saturated carbocycles. The second kappa shape index (κ2) is 11.2. The monoisotopic (exact) mass is 588 g/mol. The first-order chi connectivity index (χ1) is 17.3. The van der Waals surface area contributed by atoms with E-state index in [-0.39, 0.29) is 29.0 Å². The number of amides is 2. The first-order valence-electron chi connectivity index (χ1n) is 10.5. The number of non-ortho nitro benzene ring substituents is 1. The Hall–Kier alpha value is -3.34. The maximum atomic E-state index is 13.0. The number of benzene rings is 3. The molecule has 0 N–H and O–H groups in total. The molecule has 0 atom stereocenters. The number of ether oxygens (including phenoxy) is 2. The lowest BCUT2D eigenvalue weighted by atomic mass is 10.1. The van der Waals surface area contributed by atoms with Crippen LogP contribution in [0.4, 0.5) is 10.5 Å². The highest BCUT2D eigenvalue weighted by molar-refractivity contribution is 9.10. The van der Waals surface area contributed by atoms with Gasteiger partial charge in [0.2, 0.25) is 0 Å². The van der Waals surface area contributed by atoms with Crippen molar-refractivity contribution in [2.45, 2.75) is 13.2 Å². The molecule has 11 heteroatoms. The van der Waals surface area contributed by atoms with Gasteiger partial charge in [0.25, 0.3) is 16.8 Å². The van der Waals surface area contributed by atoms with E-state index in [4.69, 9.17) is 21.1 Å². The number of imide groups is 1. The van der Waals surface area contributed by atoms with Gasteiger partial charge in [-0.3, -0.25) is 24.6 Å². The van der Waals surface area contributed by atoms with Crippen molar-refractivity contribution < 1.29 is 24.0 Å². The molecule has 3 aromatic carbocycles. The van der Waals surface area contributed by atoms with Gasteiger partial charge in [-0.15, -0.1) is 0 Å². The number of nitrogens with zero attached hydrogens (tertiary/aromatic N) is 2. The molecule has 2 amide bonds. The van der Waals surface area contributed by atoms with Gasteiger partial charge in [0.05, 0.1) is 23.5 Å². The van der Waals surface area contributed by atoms with Gasteiger partial charge < -0.3 is 9.47 Å². The number of halogens is 2. The number of methoxy groups -OCH3 is 1. The van der Waals surface area contributed by atoms with Crippen LogP contribution in [0.5, 0.6) is 11.5 Å². The van der Waals surface area contributed by atoms with Crippen LogP contribution in [0.15, 0.2) is 70.0 Å². The lowest BCUT2D eigenvalue weighted by Gasteiger charge is -2.14. The highest BCUT2D eigenvalue weighted by atomic mass is 79.9. The van der Waals surface area contributed by atoms with E-state index in [0.717, 1.165) is 22.2 Å². The largest absolute Gasteiger partial charge is 0.493 e. The van der Waals surface area contributed by atoms with Crippen LogP contribution in [0.25, 0.3) is 6.08 Å². The van der Waals surface area contributed by atoms with Gasteiger partial charge in [-0.05, 0) is 64.9 Å². The van der Waals surface area contributed by atoms with Gasteiger partial charge in [0, 0.05) is 21.6 Å². The Morgan fingerprint density at radius 2 is 1.83 bits per heavy atom. The van der Waals surface area contributed by atoms with Crippen LogP contribution in [0.2, 0.25) is 5.02 Å². The fourth-order valence-corrected chi connectivity index (χ4v) is 4.84. The molecule has 184 valence electrons. The minimum Gasteiger partial charge on any atom is -0.493 e. The quantitative estimate of drug-likeness (QED) is 0.161. The first kappa shape index (κ1) is 25.7. The average molecular weight is 590 g/mol. The molecule has 0 aliphatic carbocycles. The third-order valence-corrected chi connectivity index (χ3v) is 7.23. The molecular formula is C25H18BrClN2O6S. The van der Waals surface area contributed by atoms with Crippen molar-refractivity contribution in [3.8, 4) is 11.5 Å². The number of carbonyl (C=O) groups excluding carboxylic acids is 2. The van der Waals surface area contributed by atoms with Crippen molar-refractivity contribution in [2.24, 2.45) is 0 Å². The average Bonchev–Trinajstić information content (AvgIpc) is 3.12. The van der Waals surface area contributed by atoms with Crippen molar-refractivity contribution >= 4 is 62.2 Å². The molecule has 1 aliphatic rings. The van der Waals surface area contributed by atoms with Gasteiger partial charge in [0.15, 0.2) is 11.5 Å². The summed E-state index contributed by atoms with van der Waals surface area (Å²) in [5, 5.41) is 10.9. The molecule has 1 saturated heterocycles. The Bertz CT molecular complexity index is 1380. The van der Waals surface area contributed by atoms with Crippen LogP contribution in [0.1, 0.15) is 16.7 Å². The van der Waals surface area contributed by atoms with Gasteiger partial charge >= 0.3 is 0 Å². The molecule has 1 fully saturated rings. The second-order valence-corrected chi connectivity index (χ2v) is 9.85. The van der Waals surface area contributed by atoms with E-state index in [2.05, 4.69) is 15.9 Å². The molecule has 36 heavy (non-hydrogen) atoms. The summed E-state index contributed by atoms with van der Waals surface area (Å²) in [5.74, 6) is 0.447. The topological polar surface area (TPSA) is 99.0 Å².